The van der Waals surface area contributed by atoms with Gasteiger partial charge in [-0.05, 0) is 54.2 Å². The molecule has 33 heavy (non-hydrogen) atoms. The van der Waals surface area contributed by atoms with E-state index in [1.807, 2.05) is 83.8 Å². The molecular formula is C26H25N3O3S. The van der Waals surface area contributed by atoms with Crippen molar-refractivity contribution in [1.29, 1.82) is 0 Å². The number of fused-ring (bicyclic) bond motifs is 1. The van der Waals surface area contributed by atoms with Crippen molar-refractivity contribution < 1.29 is 9.47 Å². The topological polar surface area (TPSA) is 66.6 Å². The summed E-state index contributed by atoms with van der Waals surface area (Å²) in [4.78, 5) is 17.8. The predicted octanol–water partition coefficient (Wildman–Crippen LogP) is 4.94. The second-order valence-electron chi connectivity index (χ2n) is 7.55. The van der Waals surface area contributed by atoms with Gasteiger partial charge in [-0.25, -0.2) is 0 Å². The number of pyridine rings is 1. The van der Waals surface area contributed by atoms with Crippen LogP contribution in [-0.4, -0.2) is 29.2 Å². The Balaban J connectivity index is 1.66. The minimum Gasteiger partial charge on any atom is -0.497 e. The van der Waals surface area contributed by atoms with Crippen LogP contribution >= 0.6 is 12.2 Å². The molecule has 6 nitrogen and oxygen atoms in total. The van der Waals surface area contributed by atoms with Crippen molar-refractivity contribution in [2.45, 2.75) is 13.1 Å². The maximum Gasteiger partial charge on any atom is 0.253 e. The molecular weight excluding hydrogens is 434 g/mol. The van der Waals surface area contributed by atoms with Crippen LogP contribution in [0.25, 0.3) is 10.9 Å². The number of methoxy groups -OCH3 is 2. The lowest BCUT2D eigenvalue weighted by Crippen LogP contribution is -2.35. The highest BCUT2D eigenvalue weighted by Gasteiger charge is 2.16. The average molecular weight is 460 g/mol. The van der Waals surface area contributed by atoms with Crippen LogP contribution in [0.3, 0.4) is 0 Å². The second-order valence-corrected chi connectivity index (χ2v) is 7.94. The van der Waals surface area contributed by atoms with E-state index in [1.165, 1.54) is 0 Å². The van der Waals surface area contributed by atoms with Gasteiger partial charge in [-0.2, -0.15) is 0 Å². The van der Waals surface area contributed by atoms with E-state index in [2.05, 4.69) is 10.3 Å². The third kappa shape index (κ3) is 5.32. The first-order valence-electron chi connectivity index (χ1n) is 10.5. The molecule has 0 aliphatic carbocycles. The lowest BCUT2D eigenvalue weighted by molar-refractivity contribution is 0.408. The lowest BCUT2D eigenvalue weighted by atomic mass is 10.1. The van der Waals surface area contributed by atoms with E-state index in [0.29, 0.717) is 29.5 Å². The monoisotopic (exact) mass is 459 g/mol. The van der Waals surface area contributed by atoms with Crippen molar-refractivity contribution in [3.05, 3.63) is 100 Å². The number of rotatable bonds is 7. The largest absolute Gasteiger partial charge is 0.497 e. The van der Waals surface area contributed by atoms with Gasteiger partial charge >= 0.3 is 0 Å². The number of nitrogens with one attached hydrogen (secondary N) is 2. The molecule has 2 N–H and O–H groups in total. The van der Waals surface area contributed by atoms with Crippen LogP contribution in [0.15, 0.2) is 83.7 Å². The van der Waals surface area contributed by atoms with Crippen LogP contribution < -0.4 is 20.3 Å². The number of aromatic amines is 1. The highest BCUT2D eigenvalue weighted by molar-refractivity contribution is 7.80. The number of H-pyrrole nitrogens is 1. The maximum atomic E-state index is 12.9. The SMILES string of the molecule is COc1ccc2[nH]c(=O)c(CN(Cc3ccccc3)C(=S)Nc3ccccc3OC)cc2c1. The molecule has 4 aromatic rings. The molecule has 1 aromatic heterocycles. The molecule has 0 saturated carbocycles. The van der Waals surface area contributed by atoms with Crippen LogP contribution in [0.2, 0.25) is 0 Å². The number of benzene rings is 3. The fraction of sp³-hybridized carbons (Fsp3) is 0.154. The van der Waals surface area contributed by atoms with Crippen LogP contribution in [0.4, 0.5) is 5.69 Å². The van der Waals surface area contributed by atoms with Crippen molar-refractivity contribution in [3.8, 4) is 11.5 Å². The molecule has 4 rings (SSSR count). The summed E-state index contributed by atoms with van der Waals surface area (Å²) < 4.78 is 10.8. The Morgan fingerprint density at radius 1 is 0.939 bits per heavy atom. The molecule has 0 amide bonds. The summed E-state index contributed by atoms with van der Waals surface area (Å²) in [7, 11) is 3.24. The van der Waals surface area contributed by atoms with E-state index >= 15 is 0 Å². The normalized spacial score (nSPS) is 10.6. The molecule has 0 radical (unpaired) electrons. The van der Waals surface area contributed by atoms with Gasteiger partial charge in [0.15, 0.2) is 5.11 Å². The van der Waals surface area contributed by atoms with Crippen molar-refractivity contribution in [3.63, 3.8) is 0 Å². The number of aromatic nitrogens is 1. The van der Waals surface area contributed by atoms with Gasteiger partial charge in [0.1, 0.15) is 11.5 Å². The third-order valence-corrected chi connectivity index (χ3v) is 5.70. The van der Waals surface area contributed by atoms with Crippen molar-refractivity contribution in [1.82, 2.24) is 9.88 Å². The van der Waals surface area contributed by atoms with E-state index in [0.717, 1.165) is 27.9 Å². The molecule has 0 fully saturated rings. The highest BCUT2D eigenvalue weighted by Crippen LogP contribution is 2.24. The quantitative estimate of drug-likeness (QED) is 0.382. The first kappa shape index (κ1) is 22.4. The molecule has 1 heterocycles. The summed E-state index contributed by atoms with van der Waals surface area (Å²) in [5, 5.41) is 4.67. The van der Waals surface area contributed by atoms with E-state index in [4.69, 9.17) is 21.7 Å². The molecule has 0 unspecified atom stereocenters. The number of para-hydroxylation sites is 2. The van der Waals surface area contributed by atoms with Crippen molar-refractivity contribution in [2.75, 3.05) is 19.5 Å². The number of hydrogen-bond donors (Lipinski definition) is 2. The first-order chi connectivity index (χ1) is 16.1. The summed E-state index contributed by atoms with van der Waals surface area (Å²) in [6.07, 6.45) is 0. The van der Waals surface area contributed by atoms with Crippen molar-refractivity contribution >= 4 is 33.9 Å². The standard InChI is InChI=1S/C26H25N3O3S/c1-31-21-12-13-22-19(15-21)14-20(25(30)27-22)17-29(16-18-8-4-3-5-9-18)26(33)28-23-10-6-7-11-24(23)32-2/h3-15H,16-17H2,1-2H3,(H,27,30)(H,28,33). The zero-order valence-corrected chi connectivity index (χ0v) is 19.3. The van der Waals surface area contributed by atoms with Gasteiger partial charge in [0.25, 0.3) is 5.56 Å². The zero-order chi connectivity index (χ0) is 23.2. The van der Waals surface area contributed by atoms with Gasteiger partial charge in [0.05, 0.1) is 26.5 Å². The third-order valence-electron chi connectivity index (χ3n) is 5.34. The predicted molar refractivity (Wildman–Crippen MR) is 136 cm³/mol. The van der Waals surface area contributed by atoms with Gasteiger partial charge in [0.2, 0.25) is 0 Å². The number of nitrogens with zero attached hydrogens (tertiary/aromatic N) is 1. The molecule has 0 atom stereocenters. The van der Waals surface area contributed by atoms with Crippen LogP contribution in [0.5, 0.6) is 11.5 Å². The molecule has 0 aliphatic rings. The minimum absolute atomic E-state index is 0.147. The lowest BCUT2D eigenvalue weighted by Gasteiger charge is -2.26. The Hall–Kier alpha value is -3.84. The molecule has 7 heteroatoms. The van der Waals surface area contributed by atoms with E-state index < -0.39 is 0 Å². The van der Waals surface area contributed by atoms with Crippen LogP contribution in [0.1, 0.15) is 11.1 Å². The number of thiocarbonyl (C=S) groups is 1. The van der Waals surface area contributed by atoms with Gasteiger partial charge < -0.3 is 24.7 Å². The summed E-state index contributed by atoms with van der Waals surface area (Å²) in [5.74, 6) is 1.42. The smallest absolute Gasteiger partial charge is 0.253 e. The Bertz CT molecular complexity index is 1320. The van der Waals surface area contributed by atoms with Crippen molar-refractivity contribution in [2.24, 2.45) is 0 Å². The molecule has 168 valence electrons. The molecule has 0 saturated heterocycles. The Morgan fingerprint density at radius 2 is 1.70 bits per heavy atom. The second kappa shape index (κ2) is 10.2. The fourth-order valence-electron chi connectivity index (χ4n) is 3.63. The summed E-state index contributed by atoms with van der Waals surface area (Å²) in [5.41, 5.74) is 3.07. The van der Waals surface area contributed by atoms with Gasteiger partial charge in [-0.3, -0.25) is 4.79 Å². The summed E-state index contributed by atoms with van der Waals surface area (Å²) in [6.45, 7) is 0.871. The van der Waals surface area contributed by atoms with Gasteiger partial charge in [-0.1, -0.05) is 42.5 Å². The Morgan fingerprint density at radius 3 is 2.45 bits per heavy atom. The van der Waals surface area contributed by atoms with E-state index in [1.54, 1.807) is 14.2 Å². The molecule has 3 aromatic carbocycles. The van der Waals surface area contributed by atoms with Crippen LogP contribution in [0, 0.1) is 0 Å². The Labute approximate surface area is 197 Å². The van der Waals surface area contributed by atoms with Gasteiger partial charge in [-0.15, -0.1) is 0 Å². The fourth-order valence-corrected chi connectivity index (χ4v) is 3.86. The molecule has 0 spiro atoms. The summed E-state index contributed by atoms with van der Waals surface area (Å²) in [6, 6.07) is 25.1. The van der Waals surface area contributed by atoms with E-state index in [9.17, 15) is 4.79 Å². The minimum atomic E-state index is -0.147. The molecule has 0 bridgehead atoms. The number of anilines is 1. The highest BCUT2D eigenvalue weighted by atomic mass is 32.1. The van der Waals surface area contributed by atoms with Crippen LogP contribution in [-0.2, 0) is 13.1 Å². The Kier molecular flexibility index (Phi) is 6.90. The number of ether oxygens (including phenoxy) is 2. The van der Waals surface area contributed by atoms with Gasteiger partial charge in [0, 0.05) is 23.0 Å². The zero-order valence-electron chi connectivity index (χ0n) is 18.5. The first-order valence-corrected chi connectivity index (χ1v) is 10.9. The number of hydrogen-bond acceptors (Lipinski definition) is 4. The molecule has 0 aliphatic heterocycles. The average Bonchev–Trinajstić information content (AvgIpc) is 2.84. The summed E-state index contributed by atoms with van der Waals surface area (Å²) >= 11 is 5.77. The maximum absolute atomic E-state index is 12.9. The van der Waals surface area contributed by atoms with E-state index in [-0.39, 0.29) is 5.56 Å².